The van der Waals surface area contributed by atoms with E-state index in [1.54, 1.807) is 43.0 Å². The summed E-state index contributed by atoms with van der Waals surface area (Å²) in [4.78, 5) is 25.6. The number of anilines is 1. The van der Waals surface area contributed by atoms with Crippen molar-refractivity contribution >= 4 is 29.3 Å². The molecule has 1 N–H and O–H groups in total. The maximum Gasteiger partial charge on any atom is 0.340 e. The van der Waals surface area contributed by atoms with Crippen LogP contribution in [0.2, 0.25) is 0 Å². The smallest absolute Gasteiger partial charge is 0.340 e. The monoisotopic (exact) mass is 327 g/mol. The molecule has 1 atom stereocenters. The van der Waals surface area contributed by atoms with Gasteiger partial charge >= 0.3 is 5.97 Å². The van der Waals surface area contributed by atoms with Crippen LogP contribution in [0.1, 0.15) is 22.8 Å². The summed E-state index contributed by atoms with van der Waals surface area (Å²) in [7, 11) is 0. The molecule has 0 saturated carbocycles. The Kier molecular flexibility index (Phi) is 4.67. The van der Waals surface area contributed by atoms with E-state index in [1.165, 1.54) is 5.56 Å². The number of hydrogen-bond donors (Lipinski definition) is 1. The lowest BCUT2D eigenvalue weighted by molar-refractivity contribution is -0.115. The molecule has 0 aromatic heterocycles. The lowest BCUT2D eigenvalue weighted by Gasteiger charge is -2.13. The van der Waals surface area contributed by atoms with Crippen molar-refractivity contribution in [1.29, 1.82) is 0 Å². The average molecular weight is 327 g/mol. The van der Waals surface area contributed by atoms with Gasteiger partial charge in [-0.25, -0.2) is 4.79 Å². The molecular weight excluding hydrogens is 310 g/mol. The topological polar surface area (TPSA) is 55.4 Å². The summed E-state index contributed by atoms with van der Waals surface area (Å²) in [5.41, 5.74) is 2.06. The maximum absolute atomic E-state index is 12.5. The van der Waals surface area contributed by atoms with E-state index in [9.17, 15) is 9.59 Å². The molecule has 2 aromatic rings. The second-order valence-electron chi connectivity index (χ2n) is 5.17. The number of amides is 1. The van der Waals surface area contributed by atoms with Gasteiger partial charge < -0.3 is 10.1 Å². The molecule has 1 aliphatic heterocycles. The maximum atomic E-state index is 12.5. The van der Waals surface area contributed by atoms with E-state index >= 15 is 0 Å². The van der Waals surface area contributed by atoms with Gasteiger partial charge in [0.1, 0.15) is 0 Å². The summed E-state index contributed by atoms with van der Waals surface area (Å²) >= 11 is 1.56. The third kappa shape index (κ3) is 3.40. The molecule has 1 aliphatic rings. The molecule has 1 amide bonds. The van der Waals surface area contributed by atoms with Crippen molar-refractivity contribution in [2.24, 2.45) is 0 Å². The van der Waals surface area contributed by atoms with Gasteiger partial charge in [-0.1, -0.05) is 30.3 Å². The van der Waals surface area contributed by atoms with Crippen molar-refractivity contribution < 1.29 is 14.3 Å². The number of carbonyl (C=O) groups is 2. The fourth-order valence-corrected chi connectivity index (χ4v) is 3.72. The van der Waals surface area contributed by atoms with Crippen molar-refractivity contribution in [2.75, 3.05) is 11.9 Å². The number of benzene rings is 2. The Balaban J connectivity index is 1.73. The van der Waals surface area contributed by atoms with Crippen LogP contribution in [0, 0.1) is 0 Å². The van der Waals surface area contributed by atoms with Crippen LogP contribution >= 0.6 is 11.8 Å². The summed E-state index contributed by atoms with van der Waals surface area (Å²) < 4.78 is 5.03. The van der Waals surface area contributed by atoms with Crippen LogP contribution in [0.15, 0.2) is 53.4 Å². The number of para-hydroxylation sites is 1. The molecule has 23 heavy (non-hydrogen) atoms. The van der Waals surface area contributed by atoms with Gasteiger partial charge in [-0.15, -0.1) is 11.8 Å². The van der Waals surface area contributed by atoms with Crippen LogP contribution in [-0.4, -0.2) is 23.7 Å². The Labute approximate surface area is 139 Å². The Hall–Kier alpha value is -2.27. The number of hydrogen-bond acceptors (Lipinski definition) is 4. The summed E-state index contributed by atoms with van der Waals surface area (Å²) in [5.74, 6) is -0.520. The Morgan fingerprint density at radius 2 is 1.91 bits per heavy atom. The number of thioether (sulfide) groups is 1. The molecule has 2 aromatic carbocycles. The van der Waals surface area contributed by atoms with E-state index in [1.807, 2.05) is 24.3 Å². The Bertz CT molecular complexity index is 720. The van der Waals surface area contributed by atoms with E-state index in [0.29, 0.717) is 24.3 Å². The first-order valence-electron chi connectivity index (χ1n) is 7.50. The minimum Gasteiger partial charge on any atom is -0.462 e. The van der Waals surface area contributed by atoms with E-state index in [2.05, 4.69) is 5.32 Å². The molecule has 0 saturated heterocycles. The summed E-state index contributed by atoms with van der Waals surface area (Å²) in [6, 6.07) is 14.9. The number of rotatable bonds is 4. The number of carbonyl (C=O) groups excluding carboxylic acids is 2. The largest absolute Gasteiger partial charge is 0.462 e. The van der Waals surface area contributed by atoms with Crippen LogP contribution in [0.4, 0.5) is 5.69 Å². The third-order valence-electron chi connectivity index (χ3n) is 3.62. The van der Waals surface area contributed by atoms with Gasteiger partial charge in [0.2, 0.25) is 5.91 Å². The summed E-state index contributed by atoms with van der Waals surface area (Å²) in [6.07, 6.45) is 0.703. The Morgan fingerprint density at radius 3 is 2.70 bits per heavy atom. The van der Waals surface area contributed by atoms with Gasteiger partial charge in [0.05, 0.1) is 23.1 Å². The van der Waals surface area contributed by atoms with Crippen LogP contribution in [0.3, 0.4) is 0 Å². The van der Waals surface area contributed by atoms with Crippen LogP contribution in [0.25, 0.3) is 0 Å². The predicted octanol–water partition coefficient (Wildman–Crippen LogP) is 3.52. The average Bonchev–Trinajstić information content (AvgIpc) is 3.00. The summed E-state index contributed by atoms with van der Waals surface area (Å²) in [5, 5.41) is 2.69. The van der Waals surface area contributed by atoms with Crippen molar-refractivity contribution in [3.63, 3.8) is 0 Å². The fourth-order valence-electron chi connectivity index (χ4n) is 2.52. The standard InChI is InChI=1S/C18H17NO3S/c1-2-22-18(21)13-8-4-5-9-14(13)19-17(20)16-11-12-7-3-6-10-15(12)23-16/h3-10,16H,2,11H2,1H3,(H,19,20)/t16-/m1/s1. The number of fused-ring (bicyclic) bond motifs is 1. The van der Waals surface area contributed by atoms with E-state index < -0.39 is 5.97 Å². The normalized spacial score (nSPS) is 15.8. The molecule has 5 heteroatoms. The van der Waals surface area contributed by atoms with Crippen LogP contribution in [-0.2, 0) is 16.0 Å². The van der Waals surface area contributed by atoms with E-state index in [4.69, 9.17) is 4.74 Å². The van der Waals surface area contributed by atoms with E-state index in [-0.39, 0.29) is 11.2 Å². The molecule has 3 rings (SSSR count). The first-order valence-corrected chi connectivity index (χ1v) is 8.38. The fraction of sp³-hybridized carbons (Fsp3) is 0.222. The predicted molar refractivity (Wildman–Crippen MR) is 90.8 cm³/mol. The molecule has 0 spiro atoms. The minimum absolute atomic E-state index is 0.0945. The minimum atomic E-state index is -0.425. The molecule has 1 heterocycles. The van der Waals surface area contributed by atoms with Gasteiger partial charge in [-0.2, -0.15) is 0 Å². The molecule has 0 aliphatic carbocycles. The van der Waals surface area contributed by atoms with Gasteiger partial charge in [-0.05, 0) is 37.1 Å². The highest BCUT2D eigenvalue weighted by atomic mass is 32.2. The quantitative estimate of drug-likeness (QED) is 0.873. The highest BCUT2D eigenvalue weighted by molar-refractivity contribution is 8.01. The van der Waals surface area contributed by atoms with E-state index in [0.717, 1.165) is 4.90 Å². The number of esters is 1. The molecule has 0 fully saturated rings. The van der Waals surface area contributed by atoms with Crippen molar-refractivity contribution in [1.82, 2.24) is 0 Å². The zero-order chi connectivity index (χ0) is 16.2. The first-order chi connectivity index (χ1) is 11.2. The van der Waals surface area contributed by atoms with Gasteiger partial charge in [-0.3, -0.25) is 4.79 Å². The molecule has 118 valence electrons. The third-order valence-corrected chi connectivity index (χ3v) is 4.94. The zero-order valence-electron chi connectivity index (χ0n) is 12.7. The second-order valence-corrected chi connectivity index (χ2v) is 6.42. The van der Waals surface area contributed by atoms with Gasteiger partial charge in [0.25, 0.3) is 0 Å². The molecule has 0 bridgehead atoms. The summed E-state index contributed by atoms with van der Waals surface area (Å²) in [6.45, 7) is 2.06. The van der Waals surface area contributed by atoms with Crippen LogP contribution < -0.4 is 5.32 Å². The Morgan fingerprint density at radius 1 is 1.17 bits per heavy atom. The second kappa shape index (κ2) is 6.87. The molecule has 0 unspecified atom stereocenters. The van der Waals surface area contributed by atoms with Crippen molar-refractivity contribution in [3.05, 3.63) is 59.7 Å². The first kappa shape index (κ1) is 15.6. The lowest BCUT2D eigenvalue weighted by atomic mass is 10.1. The molecule has 0 radical (unpaired) electrons. The number of nitrogens with one attached hydrogen (secondary N) is 1. The molecule has 4 nitrogen and oxygen atoms in total. The molecular formula is C18H17NO3S. The van der Waals surface area contributed by atoms with Crippen molar-refractivity contribution in [3.8, 4) is 0 Å². The van der Waals surface area contributed by atoms with Crippen LogP contribution in [0.5, 0.6) is 0 Å². The zero-order valence-corrected chi connectivity index (χ0v) is 13.6. The van der Waals surface area contributed by atoms with Crippen molar-refractivity contribution in [2.45, 2.75) is 23.5 Å². The lowest BCUT2D eigenvalue weighted by Crippen LogP contribution is -2.25. The van der Waals surface area contributed by atoms with Gasteiger partial charge in [0.15, 0.2) is 0 Å². The van der Waals surface area contributed by atoms with Gasteiger partial charge in [0, 0.05) is 4.90 Å². The SMILES string of the molecule is CCOC(=O)c1ccccc1NC(=O)[C@H]1Cc2ccccc2S1. The highest BCUT2D eigenvalue weighted by Crippen LogP contribution is 2.37. The highest BCUT2D eigenvalue weighted by Gasteiger charge is 2.28. The number of ether oxygens (including phenoxy) is 1.